The minimum absolute atomic E-state index is 0.0323. The summed E-state index contributed by atoms with van der Waals surface area (Å²) in [6.07, 6.45) is 2.43. The van der Waals surface area contributed by atoms with Gasteiger partial charge in [-0.15, -0.1) is 0 Å². The molecule has 4 nitrogen and oxygen atoms in total. The molecule has 82 valence electrons. The van der Waals surface area contributed by atoms with Gasteiger partial charge in [0.25, 0.3) is 5.91 Å². The summed E-state index contributed by atoms with van der Waals surface area (Å²) < 4.78 is 10.5. The quantitative estimate of drug-likeness (QED) is 0.741. The zero-order valence-corrected chi connectivity index (χ0v) is 8.81. The van der Waals surface area contributed by atoms with Crippen LogP contribution in [0.1, 0.15) is 23.9 Å². The second kappa shape index (κ2) is 4.49. The summed E-state index contributed by atoms with van der Waals surface area (Å²) in [6, 6.07) is 3.61. The number of hydrogen-bond acceptors (Lipinski definition) is 3. The maximum Gasteiger partial charge on any atom is 0.289 e. The van der Waals surface area contributed by atoms with Crippen molar-refractivity contribution in [3.63, 3.8) is 0 Å². The fraction of sp³-hybridized carbons (Fsp3) is 0.545. The standard InChI is InChI=1S/C11H15NO3/c1-2-9-8-14-7-5-12(9)11(13)10-4-3-6-15-10/h3-4,6,9H,2,5,7-8H2,1H3. The van der Waals surface area contributed by atoms with Crippen molar-refractivity contribution in [2.75, 3.05) is 19.8 Å². The molecule has 15 heavy (non-hydrogen) atoms. The van der Waals surface area contributed by atoms with E-state index < -0.39 is 0 Å². The van der Waals surface area contributed by atoms with Gasteiger partial charge < -0.3 is 14.1 Å². The number of ether oxygens (including phenoxy) is 1. The van der Waals surface area contributed by atoms with Crippen LogP contribution < -0.4 is 0 Å². The molecule has 0 radical (unpaired) electrons. The number of morpholine rings is 1. The first-order chi connectivity index (χ1) is 7.33. The van der Waals surface area contributed by atoms with Crippen LogP contribution in [-0.2, 0) is 4.74 Å². The van der Waals surface area contributed by atoms with E-state index in [0.717, 1.165) is 6.42 Å². The molecule has 0 bridgehead atoms. The molecule has 0 spiro atoms. The molecule has 1 aliphatic heterocycles. The average molecular weight is 209 g/mol. The molecule has 1 aliphatic rings. The molecule has 0 aromatic carbocycles. The molecule has 2 heterocycles. The van der Waals surface area contributed by atoms with Crippen molar-refractivity contribution in [1.29, 1.82) is 0 Å². The van der Waals surface area contributed by atoms with Gasteiger partial charge in [-0.05, 0) is 18.6 Å². The molecule has 1 unspecified atom stereocenters. The molecule has 1 saturated heterocycles. The first-order valence-electron chi connectivity index (χ1n) is 5.25. The lowest BCUT2D eigenvalue weighted by atomic mass is 10.1. The Bertz CT molecular complexity index is 321. The first kappa shape index (κ1) is 10.2. The van der Waals surface area contributed by atoms with E-state index >= 15 is 0 Å². The van der Waals surface area contributed by atoms with Crippen molar-refractivity contribution >= 4 is 5.91 Å². The lowest BCUT2D eigenvalue weighted by molar-refractivity contribution is -0.00433. The number of hydrogen-bond donors (Lipinski definition) is 0. The summed E-state index contributed by atoms with van der Waals surface area (Å²) in [4.78, 5) is 13.8. The molecular formula is C11H15NO3. The minimum Gasteiger partial charge on any atom is -0.459 e. The Morgan fingerprint density at radius 1 is 1.67 bits per heavy atom. The van der Waals surface area contributed by atoms with Gasteiger partial charge in [0.1, 0.15) is 0 Å². The third-order valence-electron chi connectivity index (χ3n) is 2.69. The van der Waals surface area contributed by atoms with Crippen molar-refractivity contribution in [2.45, 2.75) is 19.4 Å². The molecule has 1 aromatic heterocycles. The van der Waals surface area contributed by atoms with Crippen molar-refractivity contribution in [3.05, 3.63) is 24.2 Å². The Hall–Kier alpha value is -1.29. The number of rotatable bonds is 2. The topological polar surface area (TPSA) is 42.7 Å². The Kier molecular flexibility index (Phi) is 3.06. The van der Waals surface area contributed by atoms with Crippen LogP contribution in [0.2, 0.25) is 0 Å². The van der Waals surface area contributed by atoms with Crippen LogP contribution in [0.25, 0.3) is 0 Å². The summed E-state index contributed by atoms with van der Waals surface area (Å²) >= 11 is 0. The summed E-state index contributed by atoms with van der Waals surface area (Å²) in [5.74, 6) is 0.380. The van der Waals surface area contributed by atoms with Crippen molar-refractivity contribution in [1.82, 2.24) is 4.90 Å². The van der Waals surface area contributed by atoms with Gasteiger partial charge in [0.15, 0.2) is 5.76 Å². The Balaban J connectivity index is 2.11. The van der Waals surface area contributed by atoms with Crippen molar-refractivity contribution in [3.8, 4) is 0 Å². The zero-order valence-electron chi connectivity index (χ0n) is 8.81. The predicted octanol–water partition coefficient (Wildman–Crippen LogP) is 1.53. The number of nitrogens with zero attached hydrogens (tertiary/aromatic N) is 1. The van der Waals surface area contributed by atoms with Crippen LogP contribution in [0.5, 0.6) is 0 Å². The SMILES string of the molecule is CCC1COCCN1C(=O)c1ccco1. The highest BCUT2D eigenvalue weighted by Gasteiger charge is 2.27. The van der Waals surface area contributed by atoms with Gasteiger partial charge in [0.2, 0.25) is 0 Å². The fourth-order valence-corrected chi connectivity index (χ4v) is 1.80. The molecule has 1 fully saturated rings. The molecule has 2 rings (SSSR count). The highest BCUT2D eigenvalue weighted by Crippen LogP contribution is 2.14. The fourth-order valence-electron chi connectivity index (χ4n) is 1.80. The van der Waals surface area contributed by atoms with Crippen LogP contribution in [-0.4, -0.2) is 36.6 Å². The van der Waals surface area contributed by atoms with Crippen molar-refractivity contribution < 1.29 is 13.9 Å². The van der Waals surface area contributed by atoms with Crippen LogP contribution in [0.4, 0.5) is 0 Å². The summed E-state index contributed by atoms with van der Waals surface area (Å²) in [7, 11) is 0. The maximum absolute atomic E-state index is 12.0. The minimum atomic E-state index is -0.0323. The zero-order chi connectivity index (χ0) is 10.7. The predicted molar refractivity (Wildman–Crippen MR) is 54.6 cm³/mol. The van der Waals surface area contributed by atoms with E-state index in [1.165, 1.54) is 6.26 Å². The van der Waals surface area contributed by atoms with Gasteiger partial charge >= 0.3 is 0 Å². The first-order valence-corrected chi connectivity index (χ1v) is 5.25. The smallest absolute Gasteiger partial charge is 0.289 e. The second-order valence-electron chi connectivity index (χ2n) is 3.61. The van der Waals surface area contributed by atoms with E-state index in [1.54, 1.807) is 12.1 Å². The number of carbonyl (C=O) groups is 1. The van der Waals surface area contributed by atoms with Gasteiger partial charge in [-0.2, -0.15) is 0 Å². The average Bonchev–Trinajstić information content (AvgIpc) is 2.81. The molecule has 1 aromatic rings. The molecule has 0 saturated carbocycles. The lowest BCUT2D eigenvalue weighted by Gasteiger charge is -2.34. The normalized spacial score (nSPS) is 21.7. The van der Waals surface area contributed by atoms with E-state index in [9.17, 15) is 4.79 Å². The van der Waals surface area contributed by atoms with Crippen LogP contribution >= 0.6 is 0 Å². The number of carbonyl (C=O) groups excluding carboxylic acids is 1. The monoisotopic (exact) mass is 209 g/mol. The van der Waals surface area contributed by atoms with Gasteiger partial charge in [-0.1, -0.05) is 6.92 Å². The Morgan fingerprint density at radius 3 is 3.20 bits per heavy atom. The van der Waals surface area contributed by atoms with Gasteiger partial charge in [-0.25, -0.2) is 0 Å². The maximum atomic E-state index is 12.0. The number of furan rings is 1. The summed E-state index contributed by atoms with van der Waals surface area (Å²) in [5, 5.41) is 0. The number of amides is 1. The lowest BCUT2D eigenvalue weighted by Crippen LogP contribution is -2.48. The van der Waals surface area contributed by atoms with E-state index in [4.69, 9.17) is 9.15 Å². The Labute approximate surface area is 88.8 Å². The van der Waals surface area contributed by atoms with Crippen LogP contribution in [0, 0.1) is 0 Å². The van der Waals surface area contributed by atoms with E-state index in [2.05, 4.69) is 6.92 Å². The van der Waals surface area contributed by atoms with Gasteiger partial charge in [-0.3, -0.25) is 4.79 Å². The van der Waals surface area contributed by atoms with Crippen LogP contribution in [0.15, 0.2) is 22.8 Å². The molecule has 1 amide bonds. The summed E-state index contributed by atoms with van der Waals surface area (Å²) in [5.41, 5.74) is 0. The van der Waals surface area contributed by atoms with Gasteiger partial charge in [0, 0.05) is 6.54 Å². The van der Waals surface area contributed by atoms with E-state index in [-0.39, 0.29) is 11.9 Å². The third kappa shape index (κ3) is 2.04. The largest absolute Gasteiger partial charge is 0.459 e. The molecule has 0 N–H and O–H groups in total. The second-order valence-corrected chi connectivity index (χ2v) is 3.61. The van der Waals surface area contributed by atoms with Crippen LogP contribution in [0.3, 0.4) is 0 Å². The molecule has 1 atom stereocenters. The summed E-state index contributed by atoms with van der Waals surface area (Å²) in [6.45, 7) is 3.95. The highest BCUT2D eigenvalue weighted by atomic mass is 16.5. The van der Waals surface area contributed by atoms with E-state index in [1.807, 2.05) is 4.90 Å². The molecule has 0 aliphatic carbocycles. The third-order valence-corrected chi connectivity index (χ3v) is 2.69. The highest BCUT2D eigenvalue weighted by molar-refractivity contribution is 5.91. The molecular weight excluding hydrogens is 194 g/mol. The van der Waals surface area contributed by atoms with Crippen molar-refractivity contribution in [2.24, 2.45) is 0 Å². The molecule has 4 heteroatoms. The Morgan fingerprint density at radius 2 is 2.53 bits per heavy atom. The van der Waals surface area contributed by atoms with E-state index in [0.29, 0.717) is 25.5 Å². The van der Waals surface area contributed by atoms with Gasteiger partial charge in [0.05, 0.1) is 25.5 Å².